The Hall–Kier alpha value is -3.99. The number of methoxy groups -OCH3 is 3. The van der Waals surface area contributed by atoms with Crippen LogP contribution in [0.15, 0.2) is 36.4 Å². The maximum Gasteiger partial charge on any atom is 0.327 e. The van der Waals surface area contributed by atoms with Gasteiger partial charge in [0.25, 0.3) is 0 Å². The molecule has 2 fully saturated rings. The second-order valence-electron chi connectivity index (χ2n) is 10.6. The zero-order valence-corrected chi connectivity index (χ0v) is 25.6. The zero-order valence-electron chi connectivity index (χ0n) is 24.8. The number of nitrogens with one attached hydrogen (secondary N) is 2. The van der Waals surface area contributed by atoms with Crippen LogP contribution in [0.25, 0.3) is 0 Å². The van der Waals surface area contributed by atoms with Crippen LogP contribution in [0, 0.1) is 5.92 Å². The average molecular weight is 615 g/mol. The lowest BCUT2D eigenvalue weighted by atomic mass is 9.81. The summed E-state index contributed by atoms with van der Waals surface area (Å²) in [4.78, 5) is 55.0. The number of amides is 5. The van der Waals surface area contributed by atoms with E-state index in [1.54, 1.807) is 32.4 Å². The summed E-state index contributed by atoms with van der Waals surface area (Å²) in [5.41, 5.74) is 1.47. The Morgan fingerprint density at radius 3 is 2.37 bits per heavy atom. The van der Waals surface area contributed by atoms with Gasteiger partial charge in [0.1, 0.15) is 12.3 Å². The van der Waals surface area contributed by atoms with Gasteiger partial charge in [-0.05, 0) is 61.6 Å². The van der Waals surface area contributed by atoms with E-state index in [4.69, 9.17) is 25.8 Å². The first-order chi connectivity index (χ1) is 20.7. The molecule has 2 atom stereocenters. The standard InChI is InChI=1S/C31H39ClN4O7/c1-41-25-13-11-21(18-23(25)32)34-29(38)19-36-24-8-5-4-7-22(24)30(39)35(31(36)40)16-6-9-28(37)33-15-14-20-10-12-26(42-2)27(17-20)43-3/h10-13,17-18,22,24H,4-9,14-16,19H2,1-3H3,(H,33,37)(H,34,38). The molecular weight excluding hydrogens is 576 g/mol. The topological polar surface area (TPSA) is 127 Å². The first-order valence-corrected chi connectivity index (χ1v) is 14.9. The number of carbonyl (C=O) groups is 4. The number of fused-ring (bicyclic) bond motifs is 1. The first kappa shape index (κ1) is 31.9. The Balaban J connectivity index is 1.30. The third-order valence-corrected chi connectivity index (χ3v) is 8.20. The van der Waals surface area contributed by atoms with Crippen LogP contribution < -0.4 is 24.8 Å². The molecule has 0 aromatic heterocycles. The van der Waals surface area contributed by atoms with Crippen LogP contribution in [0.1, 0.15) is 44.1 Å². The van der Waals surface area contributed by atoms with E-state index in [0.29, 0.717) is 60.2 Å². The van der Waals surface area contributed by atoms with Gasteiger partial charge in [0, 0.05) is 31.2 Å². The molecule has 1 aliphatic carbocycles. The number of rotatable bonds is 13. The lowest BCUT2D eigenvalue weighted by molar-refractivity contribution is -0.142. The maximum absolute atomic E-state index is 13.5. The molecule has 2 aromatic carbocycles. The lowest BCUT2D eigenvalue weighted by Crippen LogP contribution is -2.63. The normalized spacial score (nSPS) is 18.1. The van der Waals surface area contributed by atoms with E-state index in [-0.39, 0.29) is 49.2 Å². The van der Waals surface area contributed by atoms with E-state index < -0.39 is 6.03 Å². The van der Waals surface area contributed by atoms with Gasteiger partial charge >= 0.3 is 6.03 Å². The molecule has 1 heterocycles. The summed E-state index contributed by atoms with van der Waals surface area (Å²) in [7, 11) is 4.65. The highest BCUT2D eigenvalue weighted by Gasteiger charge is 2.47. The minimum Gasteiger partial charge on any atom is -0.495 e. The van der Waals surface area contributed by atoms with Crippen LogP contribution >= 0.6 is 11.6 Å². The summed E-state index contributed by atoms with van der Waals surface area (Å²) in [6, 6.07) is 9.68. The van der Waals surface area contributed by atoms with E-state index in [9.17, 15) is 19.2 Å². The summed E-state index contributed by atoms with van der Waals surface area (Å²) in [5, 5.41) is 6.02. The second kappa shape index (κ2) is 15.0. The van der Waals surface area contributed by atoms with Crippen molar-refractivity contribution >= 4 is 41.0 Å². The minimum absolute atomic E-state index is 0.107. The number of hydrogen-bond donors (Lipinski definition) is 2. The largest absolute Gasteiger partial charge is 0.495 e. The van der Waals surface area contributed by atoms with Crippen molar-refractivity contribution in [2.45, 2.75) is 51.0 Å². The summed E-state index contributed by atoms with van der Waals surface area (Å²) < 4.78 is 15.7. The van der Waals surface area contributed by atoms with Crippen molar-refractivity contribution in [2.75, 3.05) is 46.3 Å². The van der Waals surface area contributed by atoms with E-state index in [0.717, 1.165) is 18.4 Å². The van der Waals surface area contributed by atoms with Gasteiger partial charge in [-0.1, -0.05) is 30.5 Å². The van der Waals surface area contributed by atoms with Crippen LogP contribution in [-0.2, 0) is 20.8 Å². The fourth-order valence-corrected chi connectivity index (χ4v) is 5.98. The number of nitrogens with zero attached hydrogens (tertiary/aromatic N) is 2. The maximum atomic E-state index is 13.5. The van der Waals surface area contributed by atoms with Gasteiger partial charge in [-0.2, -0.15) is 0 Å². The van der Waals surface area contributed by atoms with Crippen molar-refractivity contribution in [2.24, 2.45) is 5.92 Å². The van der Waals surface area contributed by atoms with Crippen LogP contribution in [0.5, 0.6) is 17.2 Å². The van der Waals surface area contributed by atoms with Gasteiger partial charge < -0.3 is 29.7 Å². The molecule has 2 unspecified atom stereocenters. The average Bonchev–Trinajstić information content (AvgIpc) is 3.01. The van der Waals surface area contributed by atoms with Gasteiger partial charge in [-0.3, -0.25) is 19.3 Å². The van der Waals surface area contributed by atoms with Gasteiger partial charge in [0.2, 0.25) is 17.7 Å². The first-order valence-electron chi connectivity index (χ1n) is 14.5. The third-order valence-electron chi connectivity index (χ3n) is 7.91. The summed E-state index contributed by atoms with van der Waals surface area (Å²) in [5.74, 6) is 0.616. The van der Waals surface area contributed by atoms with Gasteiger partial charge in [0.15, 0.2) is 11.5 Å². The molecule has 1 aliphatic heterocycles. The van der Waals surface area contributed by atoms with Crippen LogP contribution in [0.2, 0.25) is 5.02 Å². The van der Waals surface area contributed by atoms with Crippen molar-refractivity contribution in [1.29, 1.82) is 0 Å². The van der Waals surface area contributed by atoms with Gasteiger partial charge in [0.05, 0.1) is 32.3 Å². The molecular formula is C31H39ClN4O7. The Kier molecular flexibility index (Phi) is 11.1. The van der Waals surface area contributed by atoms with Crippen LogP contribution in [0.4, 0.5) is 10.5 Å². The van der Waals surface area contributed by atoms with Crippen LogP contribution in [-0.4, -0.2) is 80.6 Å². The lowest BCUT2D eigenvalue weighted by Gasteiger charge is -2.46. The fraction of sp³-hybridized carbons (Fsp3) is 0.484. The van der Waals surface area contributed by atoms with Crippen molar-refractivity contribution in [3.8, 4) is 17.2 Å². The number of hydrogen-bond acceptors (Lipinski definition) is 7. The molecule has 0 spiro atoms. The summed E-state index contributed by atoms with van der Waals surface area (Å²) in [6.45, 7) is 0.349. The van der Waals surface area contributed by atoms with Crippen molar-refractivity contribution < 1.29 is 33.4 Å². The Morgan fingerprint density at radius 1 is 0.930 bits per heavy atom. The number of halogens is 1. The van der Waals surface area contributed by atoms with Crippen molar-refractivity contribution in [3.63, 3.8) is 0 Å². The van der Waals surface area contributed by atoms with Crippen molar-refractivity contribution in [3.05, 3.63) is 47.0 Å². The molecule has 11 nitrogen and oxygen atoms in total. The SMILES string of the molecule is COc1ccc(NC(=O)CN2C(=O)N(CCCC(=O)NCCc3ccc(OC)c(OC)c3)C(=O)C3CCCCC32)cc1Cl. The monoisotopic (exact) mass is 614 g/mol. The third kappa shape index (κ3) is 7.90. The van der Waals surface area contributed by atoms with E-state index >= 15 is 0 Å². The molecule has 1 saturated heterocycles. The predicted molar refractivity (Wildman–Crippen MR) is 162 cm³/mol. The molecule has 0 bridgehead atoms. The van der Waals surface area contributed by atoms with E-state index in [1.165, 1.54) is 16.9 Å². The second-order valence-corrected chi connectivity index (χ2v) is 11.1. The number of urea groups is 1. The minimum atomic E-state index is -0.495. The predicted octanol–water partition coefficient (Wildman–Crippen LogP) is 4.27. The highest BCUT2D eigenvalue weighted by Crippen LogP contribution is 2.35. The Labute approximate surface area is 256 Å². The summed E-state index contributed by atoms with van der Waals surface area (Å²) in [6.07, 6.45) is 4.20. The smallest absolute Gasteiger partial charge is 0.327 e. The number of anilines is 1. The van der Waals surface area contributed by atoms with E-state index in [1.807, 2.05) is 18.2 Å². The van der Waals surface area contributed by atoms with E-state index in [2.05, 4.69) is 10.6 Å². The highest BCUT2D eigenvalue weighted by molar-refractivity contribution is 6.32. The van der Waals surface area contributed by atoms with Gasteiger partial charge in [-0.25, -0.2) is 4.79 Å². The number of imide groups is 1. The molecule has 2 N–H and O–H groups in total. The number of carbonyl (C=O) groups excluding carboxylic acids is 4. The Morgan fingerprint density at radius 2 is 1.65 bits per heavy atom. The van der Waals surface area contributed by atoms with Crippen molar-refractivity contribution in [1.82, 2.24) is 15.1 Å². The zero-order chi connectivity index (χ0) is 30.9. The molecule has 0 radical (unpaired) electrons. The Bertz CT molecular complexity index is 1340. The molecule has 232 valence electrons. The summed E-state index contributed by atoms with van der Waals surface area (Å²) >= 11 is 6.18. The molecule has 1 saturated carbocycles. The number of benzene rings is 2. The fourth-order valence-electron chi connectivity index (χ4n) is 5.72. The molecule has 2 aromatic rings. The molecule has 5 amide bonds. The molecule has 2 aliphatic rings. The molecule has 12 heteroatoms. The number of ether oxygens (including phenoxy) is 3. The quantitative estimate of drug-likeness (QED) is 0.345. The highest BCUT2D eigenvalue weighted by atomic mass is 35.5. The molecule has 4 rings (SSSR count). The molecule has 43 heavy (non-hydrogen) atoms. The van der Waals surface area contributed by atoms with Crippen LogP contribution in [0.3, 0.4) is 0 Å². The van der Waals surface area contributed by atoms with Gasteiger partial charge in [-0.15, -0.1) is 0 Å².